The van der Waals surface area contributed by atoms with Crippen LogP contribution in [-0.2, 0) is 9.53 Å². The maximum atomic E-state index is 12.7. The molecule has 27 heavy (non-hydrogen) atoms. The van der Waals surface area contributed by atoms with E-state index in [0.29, 0.717) is 44.6 Å². The van der Waals surface area contributed by atoms with Gasteiger partial charge in [0.2, 0.25) is 5.91 Å². The largest absolute Gasteiger partial charge is 0.450 e. The number of hydrogen-bond acceptors (Lipinski definition) is 4. The van der Waals surface area contributed by atoms with Crippen LogP contribution in [0.25, 0.3) is 0 Å². The van der Waals surface area contributed by atoms with Crippen LogP contribution in [0.15, 0.2) is 18.2 Å². The number of carbonyl (C=O) groups is 2. The fourth-order valence-electron chi connectivity index (χ4n) is 3.38. The summed E-state index contributed by atoms with van der Waals surface area (Å²) in [6, 6.07) is 6.34. The topological polar surface area (TPSA) is 61.9 Å². The van der Waals surface area contributed by atoms with Crippen LogP contribution in [0, 0.1) is 0 Å². The Morgan fingerprint density at radius 1 is 1.00 bits per heavy atom. The quantitative estimate of drug-likeness (QED) is 0.824. The number of ether oxygens (including phenoxy) is 1. The molecule has 150 valence electrons. The third-order valence-corrected chi connectivity index (χ3v) is 4.95. The van der Waals surface area contributed by atoms with E-state index in [0.717, 1.165) is 5.69 Å². The van der Waals surface area contributed by atoms with Crippen molar-refractivity contribution in [2.24, 2.45) is 0 Å². The average molecular weight is 376 g/mol. The van der Waals surface area contributed by atoms with Crippen LogP contribution < -0.4 is 5.32 Å². The number of amides is 2. The molecule has 6 heteroatoms. The lowest BCUT2D eigenvalue weighted by Crippen LogP contribution is -2.51. The molecule has 6 nitrogen and oxygen atoms in total. The van der Waals surface area contributed by atoms with E-state index in [1.165, 1.54) is 11.1 Å². The third kappa shape index (κ3) is 5.37. The highest BCUT2D eigenvalue weighted by Crippen LogP contribution is 2.32. The normalized spacial score (nSPS) is 14.6. The molecule has 1 heterocycles. The van der Waals surface area contributed by atoms with E-state index >= 15 is 0 Å². The predicted molar refractivity (Wildman–Crippen MR) is 108 cm³/mol. The average Bonchev–Trinajstić information content (AvgIpc) is 2.65. The van der Waals surface area contributed by atoms with Crippen LogP contribution in [0.3, 0.4) is 0 Å². The van der Waals surface area contributed by atoms with E-state index in [-0.39, 0.29) is 18.5 Å². The molecule has 2 rings (SSSR count). The second-order valence-corrected chi connectivity index (χ2v) is 7.54. The zero-order valence-electron chi connectivity index (χ0n) is 17.2. The van der Waals surface area contributed by atoms with E-state index in [2.05, 4.69) is 51.2 Å². The number of para-hydroxylation sites is 1. The maximum Gasteiger partial charge on any atom is 0.409 e. The Kier molecular flexibility index (Phi) is 7.51. The first-order valence-electron chi connectivity index (χ1n) is 9.91. The number of piperazine rings is 1. The molecule has 0 saturated carbocycles. The summed E-state index contributed by atoms with van der Waals surface area (Å²) in [6.07, 6.45) is -0.296. The van der Waals surface area contributed by atoms with Crippen molar-refractivity contribution in [1.29, 1.82) is 0 Å². The van der Waals surface area contributed by atoms with Crippen LogP contribution in [0.4, 0.5) is 10.5 Å². The predicted octanol–water partition coefficient (Wildman–Crippen LogP) is 3.65. The molecule has 1 aromatic rings. The number of rotatable bonds is 6. The molecule has 0 atom stereocenters. The van der Waals surface area contributed by atoms with E-state index < -0.39 is 0 Å². The number of nitrogens with zero attached hydrogens (tertiary/aromatic N) is 2. The third-order valence-electron chi connectivity index (χ3n) is 4.95. The Labute approximate surface area is 162 Å². The van der Waals surface area contributed by atoms with E-state index in [1.54, 1.807) is 11.8 Å². The standard InChI is InChI=1S/C21H33N3O3/c1-6-27-21(26)24-12-10-23(11-13-24)19(25)14-22-20-17(15(2)3)8-7-9-18(20)16(4)5/h7-9,15-16,22H,6,10-14H2,1-5H3. The smallest absolute Gasteiger partial charge is 0.409 e. The molecule has 1 aromatic carbocycles. The molecule has 2 amide bonds. The van der Waals surface area contributed by atoms with Crippen molar-refractivity contribution in [1.82, 2.24) is 9.80 Å². The van der Waals surface area contributed by atoms with Gasteiger partial charge in [-0.15, -0.1) is 0 Å². The summed E-state index contributed by atoms with van der Waals surface area (Å²) < 4.78 is 5.02. The lowest BCUT2D eigenvalue weighted by atomic mass is 9.92. The van der Waals surface area contributed by atoms with Gasteiger partial charge in [0.25, 0.3) is 0 Å². The van der Waals surface area contributed by atoms with Gasteiger partial charge >= 0.3 is 6.09 Å². The SMILES string of the molecule is CCOC(=O)N1CCN(C(=O)CNc2c(C(C)C)cccc2C(C)C)CC1. The summed E-state index contributed by atoms with van der Waals surface area (Å²) in [6.45, 7) is 13.2. The Balaban J connectivity index is 1.98. The lowest BCUT2D eigenvalue weighted by molar-refractivity contribution is -0.130. The molecule has 0 unspecified atom stereocenters. The summed E-state index contributed by atoms with van der Waals surface area (Å²) >= 11 is 0. The van der Waals surface area contributed by atoms with Gasteiger partial charge in [0.15, 0.2) is 0 Å². The molecular weight excluding hydrogens is 342 g/mol. The van der Waals surface area contributed by atoms with E-state index in [9.17, 15) is 9.59 Å². The van der Waals surface area contributed by atoms with Gasteiger partial charge in [0, 0.05) is 31.9 Å². The fraction of sp³-hybridized carbons (Fsp3) is 0.619. The molecule has 0 radical (unpaired) electrons. The highest BCUT2D eigenvalue weighted by molar-refractivity contribution is 5.82. The van der Waals surface area contributed by atoms with Crippen LogP contribution in [0.5, 0.6) is 0 Å². The second-order valence-electron chi connectivity index (χ2n) is 7.54. The van der Waals surface area contributed by atoms with Crippen LogP contribution >= 0.6 is 0 Å². The highest BCUT2D eigenvalue weighted by Gasteiger charge is 2.25. The molecule has 1 N–H and O–H groups in total. The van der Waals surface area contributed by atoms with Crippen molar-refractivity contribution in [2.45, 2.75) is 46.5 Å². The van der Waals surface area contributed by atoms with Crippen molar-refractivity contribution < 1.29 is 14.3 Å². The zero-order chi connectivity index (χ0) is 20.0. The van der Waals surface area contributed by atoms with Gasteiger partial charge in [0.05, 0.1) is 13.2 Å². The maximum absolute atomic E-state index is 12.7. The molecule has 1 aliphatic heterocycles. The molecule has 0 bridgehead atoms. The van der Waals surface area contributed by atoms with Crippen molar-refractivity contribution in [3.8, 4) is 0 Å². The van der Waals surface area contributed by atoms with Gasteiger partial charge in [-0.2, -0.15) is 0 Å². The minimum atomic E-state index is -0.296. The second kappa shape index (κ2) is 9.62. The molecule has 1 saturated heterocycles. The Morgan fingerprint density at radius 2 is 1.52 bits per heavy atom. The summed E-state index contributed by atoms with van der Waals surface area (Å²) in [7, 11) is 0. The molecule has 0 aliphatic carbocycles. The lowest BCUT2D eigenvalue weighted by Gasteiger charge is -2.34. The summed E-state index contributed by atoms with van der Waals surface area (Å²) in [5.74, 6) is 0.829. The Bertz CT molecular complexity index is 624. The van der Waals surface area contributed by atoms with Gasteiger partial charge in [-0.05, 0) is 29.9 Å². The monoisotopic (exact) mass is 375 g/mol. The number of benzene rings is 1. The van der Waals surface area contributed by atoms with Crippen molar-refractivity contribution >= 4 is 17.7 Å². The molecule has 0 spiro atoms. The van der Waals surface area contributed by atoms with Crippen molar-refractivity contribution in [2.75, 3.05) is 44.6 Å². The van der Waals surface area contributed by atoms with Gasteiger partial charge in [-0.25, -0.2) is 4.79 Å². The minimum absolute atomic E-state index is 0.0618. The Hall–Kier alpha value is -2.24. The first kappa shape index (κ1) is 21.1. The molecule has 1 aliphatic rings. The van der Waals surface area contributed by atoms with Gasteiger partial charge in [-0.1, -0.05) is 45.9 Å². The first-order valence-corrected chi connectivity index (χ1v) is 9.91. The van der Waals surface area contributed by atoms with Crippen molar-refractivity contribution in [3.05, 3.63) is 29.3 Å². The van der Waals surface area contributed by atoms with Gasteiger partial charge in [0.1, 0.15) is 0 Å². The summed E-state index contributed by atoms with van der Waals surface area (Å²) in [5, 5.41) is 3.40. The van der Waals surface area contributed by atoms with Crippen LogP contribution in [0.2, 0.25) is 0 Å². The molecular formula is C21H33N3O3. The fourth-order valence-corrected chi connectivity index (χ4v) is 3.38. The van der Waals surface area contributed by atoms with Gasteiger partial charge < -0.3 is 19.9 Å². The number of hydrogen-bond donors (Lipinski definition) is 1. The number of nitrogens with one attached hydrogen (secondary N) is 1. The van der Waals surface area contributed by atoms with Crippen LogP contribution in [-0.4, -0.2) is 61.1 Å². The first-order chi connectivity index (χ1) is 12.8. The summed E-state index contributed by atoms with van der Waals surface area (Å²) in [5.41, 5.74) is 3.56. The summed E-state index contributed by atoms with van der Waals surface area (Å²) in [4.78, 5) is 27.9. The Morgan fingerprint density at radius 3 is 2.00 bits per heavy atom. The molecule has 0 aromatic heterocycles. The van der Waals surface area contributed by atoms with Gasteiger partial charge in [-0.3, -0.25) is 4.79 Å². The zero-order valence-corrected chi connectivity index (χ0v) is 17.2. The highest BCUT2D eigenvalue weighted by atomic mass is 16.6. The van der Waals surface area contributed by atoms with Crippen LogP contribution in [0.1, 0.15) is 57.6 Å². The van der Waals surface area contributed by atoms with E-state index in [4.69, 9.17) is 4.74 Å². The van der Waals surface area contributed by atoms with E-state index in [1.807, 2.05) is 4.90 Å². The molecule has 1 fully saturated rings. The minimum Gasteiger partial charge on any atom is -0.450 e. The number of carbonyl (C=O) groups excluding carboxylic acids is 2. The number of anilines is 1. The van der Waals surface area contributed by atoms with Crippen molar-refractivity contribution in [3.63, 3.8) is 0 Å².